The van der Waals surface area contributed by atoms with Gasteiger partial charge in [-0.25, -0.2) is 9.78 Å². The Morgan fingerprint density at radius 2 is 1.96 bits per heavy atom. The summed E-state index contributed by atoms with van der Waals surface area (Å²) in [6.45, 7) is 6.32. The molecule has 8 heteroatoms. The van der Waals surface area contributed by atoms with Crippen LogP contribution in [0, 0.1) is 0 Å². The summed E-state index contributed by atoms with van der Waals surface area (Å²) in [5.41, 5.74) is 1.74. The first kappa shape index (κ1) is 19.1. The molecule has 1 aliphatic heterocycles. The Balaban J connectivity index is 1.36. The second kappa shape index (κ2) is 8.45. The summed E-state index contributed by atoms with van der Waals surface area (Å²) in [5.74, 6) is 0.536. The lowest BCUT2D eigenvalue weighted by Gasteiger charge is -2.35. The number of aryl methyl sites for hydroxylation is 1. The molecule has 0 atom stereocenters. The van der Waals surface area contributed by atoms with Crippen LogP contribution < -0.4 is 9.77 Å². The van der Waals surface area contributed by atoms with Crippen LogP contribution in [0.25, 0.3) is 0 Å². The van der Waals surface area contributed by atoms with E-state index in [0.29, 0.717) is 18.8 Å². The van der Waals surface area contributed by atoms with Crippen LogP contribution in [-0.4, -0.2) is 53.2 Å². The van der Waals surface area contributed by atoms with Crippen molar-refractivity contribution < 1.29 is 9.53 Å². The van der Waals surface area contributed by atoms with Crippen LogP contribution in [-0.2, 0) is 24.2 Å². The van der Waals surface area contributed by atoms with Gasteiger partial charge >= 0.3 is 10.8 Å². The number of carbonyl (C=O) groups excluding carboxylic acids is 1. The highest BCUT2D eigenvalue weighted by molar-refractivity contribution is 7.09. The minimum atomic E-state index is -0.337. The maximum atomic E-state index is 12.4. The average molecular weight is 403 g/mol. The van der Waals surface area contributed by atoms with Crippen molar-refractivity contribution in [2.24, 2.45) is 0 Å². The molecule has 0 unspecified atom stereocenters. The number of esters is 1. The fourth-order valence-corrected chi connectivity index (χ4v) is 4.96. The molecule has 0 aromatic carbocycles. The molecule has 1 aliphatic carbocycles. The smallest absolute Gasteiger partial charge is 0.339 e. The molecule has 0 bridgehead atoms. The van der Waals surface area contributed by atoms with Crippen molar-refractivity contribution in [3.8, 4) is 0 Å². The number of carbonyl (C=O) groups is 1. The standard InChI is InChI=1S/C20H26N4O3S/c1-2-27-19(25)15-7-8-18(21-13-15)23-11-9-22(10-12-23)14-24-16-5-3-4-6-17(16)28-20(24)26/h7-8,13H,2-6,9-12,14H2,1H3. The van der Waals surface area contributed by atoms with Crippen molar-refractivity contribution in [2.75, 3.05) is 37.7 Å². The third-order valence-corrected chi connectivity index (χ3v) is 6.52. The fraction of sp³-hybridized carbons (Fsp3) is 0.550. The van der Waals surface area contributed by atoms with E-state index in [9.17, 15) is 9.59 Å². The number of piperazine rings is 1. The van der Waals surface area contributed by atoms with Crippen molar-refractivity contribution in [1.29, 1.82) is 0 Å². The van der Waals surface area contributed by atoms with Crippen LogP contribution >= 0.6 is 11.3 Å². The maximum Gasteiger partial charge on any atom is 0.339 e. The van der Waals surface area contributed by atoms with Crippen LogP contribution in [0.1, 0.15) is 40.7 Å². The Labute approximate surface area is 168 Å². The zero-order valence-electron chi connectivity index (χ0n) is 16.2. The number of hydrogen-bond acceptors (Lipinski definition) is 7. The first-order valence-electron chi connectivity index (χ1n) is 9.97. The molecule has 1 saturated heterocycles. The number of thiazole rings is 1. The van der Waals surface area contributed by atoms with Gasteiger partial charge in [-0.1, -0.05) is 11.3 Å². The topological polar surface area (TPSA) is 67.7 Å². The molecule has 0 amide bonds. The molecule has 2 aliphatic rings. The maximum absolute atomic E-state index is 12.4. The van der Waals surface area contributed by atoms with Crippen LogP contribution in [0.2, 0.25) is 0 Å². The normalized spacial score (nSPS) is 17.4. The number of ether oxygens (including phenoxy) is 1. The van der Waals surface area contributed by atoms with Crippen molar-refractivity contribution in [3.63, 3.8) is 0 Å². The number of anilines is 1. The van der Waals surface area contributed by atoms with E-state index < -0.39 is 0 Å². The zero-order chi connectivity index (χ0) is 19.5. The van der Waals surface area contributed by atoms with Gasteiger partial charge in [-0.05, 0) is 44.7 Å². The van der Waals surface area contributed by atoms with E-state index in [0.717, 1.165) is 44.8 Å². The minimum Gasteiger partial charge on any atom is -0.462 e. The predicted octanol–water partition coefficient (Wildman–Crippen LogP) is 2.14. The van der Waals surface area contributed by atoms with Crippen LogP contribution in [0.5, 0.6) is 0 Å². The lowest BCUT2D eigenvalue weighted by Crippen LogP contribution is -2.48. The van der Waals surface area contributed by atoms with E-state index >= 15 is 0 Å². The molecule has 2 aromatic heterocycles. The molecule has 3 heterocycles. The molecule has 0 saturated carbocycles. The molecule has 28 heavy (non-hydrogen) atoms. The number of pyridine rings is 1. The van der Waals surface area contributed by atoms with Gasteiger partial charge in [0.05, 0.1) is 18.8 Å². The summed E-state index contributed by atoms with van der Waals surface area (Å²) in [4.78, 5) is 34.6. The third kappa shape index (κ3) is 3.98. The van der Waals surface area contributed by atoms with E-state index in [1.807, 2.05) is 10.6 Å². The lowest BCUT2D eigenvalue weighted by atomic mass is 10.0. The largest absolute Gasteiger partial charge is 0.462 e. The monoisotopic (exact) mass is 402 g/mol. The van der Waals surface area contributed by atoms with Crippen molar-refractivity contribution >= 4 is 23.1 Å². The number of nitrogens with zero attached hydrogens (tertiary/aromatic N) is 4. The molecule has 150 valence electrons. The summed E-state index contributed by atoms with van der Waals surface area (Å²) >= 11 is 1.43. The van der Waals surface area contributed by atoms with Gasteiger partial charge in [-0.3, -0.25) is 14.3 Å². The molecule has 0 N–H and O–H groups in total. The third-order valence-electron chi connectivity index (χ3n) is 5.44. The van der Waals surface area contributed by atoms with Gasteiger partial charge in [0.2, 0.25) is 0 Å². The van der Waals surface area contributed by atoms with Gasteiger partial charge in [0.15, 0.2) is 0 Å². The molecular formula is C20H26N4O3S. The van der Waals surface area contributed by atoms with E-state index in [1.165, 1.54) is 34.7 Å². The first-order chi connectivity index (χ1) is 13.7. The number of aromatic nitrogens is 2. The first-order valence-corrected chi connectivity index (χ1v) is 10.8. The van der Waals surface area contributed by atoms with Gasteiger partial charge in [0, 0.05) is 42.9 Å². The fourth-order valence-electron chi connectivity index (χ4n) is 3.90. The minimum absolute atomic E-state index is 0.186. The van der Waals surface area contributed by atoms with E-state index in [4.69, 9.17) is 4.74 Å². The Bertz CT molecular complexity index is 882. The molecule has 1 fully saturated rings. The highest BCUT2D eigenvalue weighted by Gasteiger charge is 2.23. The highest BCUT2D eigenvalue weighted by atomic mass is 32.1. The van der Waals surface area contributed by atoms with Gasteiger partial charge in [0.1, 0.15) is 5.82 Å². The summed E-state index contributed by atoms with van der Waals surface area (Å²) < 4.78 is 6.99. The van der Waals surface area contributed by atoms with E-state index in [2.05, 4.69) is 14.8 Å². The summed E-state index contributed by atoms with van der Waals surface area (Å²) in [6, 6.07) is 3.64. The van der Waals surface area contributed by atoms with Crippen LogP contribution in [0.4, 0.5) is 5.82 Å². The van der Waals surface area contributed by atoms with Gasteiger partial charge < -0.3 is 9.64 Å². The summed E-state index contributed by atoms with van der Waals surface area (Å²) in [5, 5.41) is 0. The molecular weight excluding hydrogens is 376 g/mol. The molecule has 4 rings (SSSR count). The lowest BCUT2D eigenvalue weighted by molar-refractivity contribution is 0.0526. The van der Waals surface area contributed by atoms with Crippen molar-refractivity contribution in [1.82, 2.24) is 14.5 Å². The second-order valence-corrected chi connectivity index (χ2v) is 8.29. The molecule has 2 aromatic rings. The predicted molar refractivity (Wildman–Crippen MR) is 109 cm³/mol. The highest BCUT2D eigenvalue weighted by Crippen LogP contribution is 2.24. The quantitative estimate of drug-likeness (QED) is 0.714. The molecule has 0 radical (unpaired) electrons. The SMILES string of the molecule is CCOC(=O)c1ccc(N2CCN(Cn3c4c(sc3=O)CCCC4)CC2)nc1. The Morgan fingerprint density at radius 1 is 1.18 bits per heavy atom. The Hall–Kier alpha value is -2.19. The van der Waals surface area contributed by atoms with Gasteiger partial charge in [0.25, 0.3) is 0 Å². The molecule has 0 spiro atoms. The average Bonchev–Trinajstić information content (AvgIpc) is 3.04. The number of hydrogen-bond donors (Lipinski definition) is 0. The van der Waals surface area contributed by atoms with Crippen molar-refractivity contribution in [3.05, 3.63) is 44.1 Å². The molecule has 7 nitrogen and oxygen atoms in total. The van der Waals surface area contributed by atoms with Gasteiger partial charge in [-0.2, -0.15) is 0 Å². The zero-order valence-corrected chi connectivity index (χ0v) is 17.0. The van der Waals surface area contributed by atoms with E-state index in [1.54, 1.807) is 19.2 Å². The second-order valence-electron chi connectivity index (χ2n) is 7.25. The van der Waals surface area contributed by atoms with Crippen LogP contribution in [0.15, 0.2) is 23.1 Å². The number of fused-ring (bicyclic) bond motifs is 1. The summed E-state index contributed by atoms with van der Waals surface area (Å²) in [6.07, 6.45) is 6.06. The summed E-state index contributed by atoms with van der Waals surface area (Å²) in [7, 11) is 0. The Kier molecular flexibility index (Phi) is 5.77. The Morgan fingerprint density at radius 3 is 2.68 bits per heavy atom. The van der Waals surface area contributed by atoms with E-state index in [-0.39, 0.29) is 10.8 Å². The van der Waals surface area contributed by atoms with Crippen LogP contribution in [0.3, 0.4) is 0 Å². The van der Waals surface area contributed by atoms with Crippen molar-refractivity contribution in [2.45, 2.75) is 39.3 Å². The van der Waals surface area contributed by atoms with Gasteiger partial charge in [-0.15, -0.1) is 0 Å². The number of rotatable bonds is 5.